The Morgan fingerprint density at radius 3 is 2.56 bits per heavy atom. The Labute approximate surface area is 110 Å². The minimum absolute atomic E-state index is 0.227. The van der Waals surface area contributed by atoms with E-state index >= 15 is 0 Å². The SMILES string of the molecule is COc1ccc(CNC(C)C(C)(C)C)cc1C#N. The highest BCUT2D eigenvalue weighted by molar-refractivity contribution is 5.45. The molecule has 0 heterocycles. The fraction of sp³-hybridized carbons (Fsp3) is 0.533. The summed E-state index contributed by atoms with van der Waals surface area (Å²) >= 11 is 0. The highest BCUT2D eigenvalue weighted by atomic mass is 16.5. The van der Waals surface area contributed by atoms with Crippen molar-refractivity contribution in [3.63, 3.8) is 0 Å². The van der Waals surface area contributed by atoms with Crippen molar-refractivity contribution in [3.05, 3.63) is 29.3 Å². The fourth-order valence-corrected chi connectivity index (χ4v) is 1.53. The molecule has 1 aromatic carbocycles. The molecule has 0 aliphatic rings. The summed E-state index contributed by atoms with van der Waals surface area (Å²) in [6, 6.07) is 8.27. The fourth-order valence-electron chi connectivity index (χ4n) is 1.53. The van der Waals surface area contributed by atoms with Gasteiger partial charge in [0.15, 0.2) is 0 Å². The lowest BCUT2D eigenvalue weighted by Crippen LogP contribution is -2.37. The molecule has 1 atom stereocenters. The van der Waals surface area contributed by atoms with Gasteiger partial charge in [-0.05, 0) is 30.0 Å². The van der Waals surface area contributed by atoms with Crippen LogP contribution in [0.25, 0.3) is 0 Å². The Morgan fingerprint density at radius 2 is 2.06 bits per heavy atom. The van der Waals surface area contributed by atoms with Crippen LogP contribution in [0.4, 0.5) is 0 Å². The number of ether oxygens (including phenoxy) is 1. The summed E-state index contributed by atoms with van der Waals surface area (Å²) < 4.78 is 5.13. The van der Waals surface area contributed by atoms with E-state index in [4.69, 9.17) is 10.00 Å². The monoisotopic (exact) mass is 246 g/mol. The van der Waals surface area contributed by atoms with Gasteiger partial charge in [-0.25, -0.2) is 0 Å². The van der Waals surface area contributed by atoms with Gasteiger partial charge in [0.2, 0.25) is 0 Å². The summed E-state index contributed by atoms with van der Waals surface area (Å²) in [4.78, 5) is 0. The van der Waals surface area contributed by atoms with Crippen LogP contribution in [0.5, 0.6) is 5.75 Å². The van der Waals surface area contributed by atoms with Crippen molar-refractivity contribution in [2.45, 2.75) is 40.3 Å². The van der Waals surface area contributed by atoms with Gasteiger partial charge in [-0.1, -0.05) is 26.8 Å². The van der Waals surface area contributed by atoms with Crippen LogP contribution in [0.2, 0.25) is 0 Å². The summed E-state index contributed by atoms with van der Waals surface area (Å²) in [5, 5.41) is 12.5. The molecule has 0 aromatic heterocycles. The first-order valence-corrected chi connectivity index (χ1v) is 6.19. The van der Waals surface area contributed by atoms with Crippen molar-refractivity contribution in [3.8, 4) is 11.8 Å². The van der Waals surface area contributed by atoms with Gasteiger partial charge in [0, 0.05) is 12.6 Å². The molecule has 0 spiro atoms. The molecule has 1 aromatic rings. The highest BCUT2D eigenvalue weighted by Crippen LogP contribution is 2.21. The molecule has 0 amide bonds. The Hall–Kier alpha value is -1.53. The third kappa shape index (κ3) is 3.75. The topological polar surface area (TPSA) is 45.0 Å². The second-order valence-corrected chi connectivity index (χ2v) is 5.62. The Bertz CT molecular complexity index is 441. The summed E-state index contributed by atoms with van der Waals surface area (Å²) in [6.07, 6.45) is 0. The summed E-state index contributed by atoms with van der Waals surface area (Å²) in [7, 11) is 1.58. The van der Waals surface area contributed by atoms with E-state index < -0.39 is 0 Å². The molecule has 1 unspecified atom stereocenters. The Kier molecular flexibility index (Phi) is 4.75. The van der Waals surface area contributed by atoms with Crippen LogP contribution in [0.15, 0.2) is 18.2 Å². The van der Waals surface area contributed by atoms with Gasteiger partial charge in [0.25, 0.3) is 0 Å². The molecule has 1 N–H and O–H groups in total. The Morgan fingerprint density at radius 1 is 1.39 bits per heavy atom. The van der Waals surface area contributed by atoms with Crippen molar-refractivity contribution >= 4 is 0 Å². The van der Waals surface area contributed by atoms with Crippen LogP contribution in [-0.4, -0.2) is 13.2 Å². The first-order valence-electron chi connectivity index (χ1n) is 6.19. The first-order chi connectivity index (χ1) is 8.38. The lowest BCUT2D eigenvalue weighted by Gasteiger charge is -2.28. The van der Waals surface area contributed by atoms with E-state index in [9.17, 15) is 0 Å². The number of hydrogen-bond donors (Lipinski definition) is 1. The van der Waals surface area contributed by atoms with E-state index in [0.717, 1.165) is 12.1 Å². The normalized spacial score (nSPS) is 12.9. The van der Waals surface area contributed by atoms with Gasteiger partial charge in [0.1, 0.15) is 11.8 Å². The molecule has 3 heteroatoms. The number of hydrogen-bond acceptors (Lipinski definition) is 3. The molecular formula is C15H22N2O. The highest BCUT2D eigenvalue weighted by Gasteiger charge is 2.19. The van der Waals surface area contributed by atoms with E-state index in [1.54, 1.807) is 7.11 Å². The predicted molar refractivity (Wildman–Crippen MR) is 73.5 cm³/mol. The van der Waals surface area contributed by atoms with Gasteiger partial charge in [-0.3, -0.25) is 0 Å². The number of rotatable bonds is 4. The van der Waals surface area contributed by atoms with Crippen LogP contribution < -0.4 is 10.1 Å². The lowest BCUT2D eigenvalue weighted by molar-refractivity contribution is 0.285. The third-order valence-corrected chi connectivity index (χ3v) is 3.30. The molecule has 3 nitrogen and oxygen atoms in total. The van der Waals surface area contributed by atoms with Crippen LogP contribution in [-0.2, 0) is 6.54 Å². The molecule has 0 aliphatic carbocycles. The molecule has 0 radical (unpaired) electrons. The average molecular weight is 246 g/mol. The average Bonchev–Trinajstić information content (AvgIpc) is 2.34. The molecule has 0 saturated carbocycles. The van der Waals surface area contributed by atoms with E-state index in [1.165, 1.54) is 0 Å². The molecule has 18 heavy (non-hydrogen) atoms. The molecule has 1 rings (SSSR count). The first kappa shape index (κ1) is 14.5. The third-order valence-electron chi connectivity index (χ3n) is 3.30. The van der Waals surface area contributed by atoms with Crippen LogP contribution in [0, 0.1) is 16.7 Å². The minimum Gasteiger partial charge on any atom is -0.495 e. The maximum atomic E-state index is 9.03. The summed E-state index contributed by atoms with van der Waals surface area (Å²) in [6.45, 7) is 9.56. The molecule has 0 saturated heterocycles. The van der Waals surface area contributed by atoms with E-state index in [2.05, 4.69) is 39.1 Å². The molecule has 0 fully saturated rings. The Balaban J connectivity index is 2.73. The molecule has 0 bridgehead atoms. The van der Waals surface area contributed by atoms with Gasteiger partial charge in [0.05, 0.1) is 12.7 Å². The number of nitriles is 1. The number of methoxy groups -OCH3 is 1. The summed E-state index contributed by atoms with van der Waals surface area (Å²) in [5.74, 6) is 0.630. The number of benzene rings is 1. The zero-order valence-corrected chi connectivity index (χ0v) is 11.9. The van der Waals surface area contributed by atoms with Crippen molar-refractivity contribution in [1.29, 1.82) is 5.26 Å². The van der Waals surface area contributed by atoms with Gasteiger partial charge < -0.3 is 10.1 Å². The molecule has 0 aliphatic heterocycles. The van der Waals surface area contributed by atoms with Crippen molar-refractivity contribution in [2.75, 3.05) is 7.11 Å². The van der Waals surface area contributed by atoms with E-state index in [0.29, 0.717) is 17.4 Å². The van der Waals surface area contributed by atoms with Gasteiger partial charge in [-0.2, -0.15) is 5.26 Å². The quantitative estimate of drug-likeness (QED) is 0.888. The van der Waals surface area contributed by atoms with Crippen LogP contribution >= 0.6 is 0 Å². The zero-order chi connectivity index (χ0) is 13.8. The second-order valence-electron chi connectivity index (χ2n) is 5.62. The second kappa shape index (κ2) is 5.88. The smallest absolute Gasteiger partial charge is 0.136 e. The maximum Gasteiger partial charge on any atom is 0.136 e. The summed E-state index contributed by atoms with van der Waals surface area (Å²) in [5.41, 5.74) is 1.91. The maximum absolute atomic E-state index is 9.03. The van der Waals surface area contributed by atoms with E-state index in [1.807, 2.05) is 18.2 Å². The predicted octanol–water partition coefficient (Wildman–Crippen LogP) is 3.09. The zero-order valence-electron chi connectivity index (χ0n) is 11.9. The van der Waals surface area contributed by atoms with E-state index in [-0.39, 0.29) is 5.41 Å². The van der Waals surface area contributed by atoms with Crippen molar-refractivity contribution in [1.82, 2.24) is 5.32 Å². The van der Waals surface area contributed by atoms with Gasteiger partial charge in [-0.15, -0.1) is 0 Å². The van der Waals surface area contributed by atoms with Crippen molar-refractivity contribution < 1.29 is 4.74 Å². The van der Waals surface area contributed by atoms with Crippen molar-refractivity contribution in [2.24, 2.45) is 5.41 Å². The van der Waals surface area contributed by atoms with Gasteiger partial charge >= 0.3 is 0 Å². The molecular weight excluding hydrogens is 224 g/mol. The number of nitrogens with one attached hydrogen (secondary N) is 1. The minimum atomic E-state index is 0.227. The lowest BCUT2D eigenvalue weighted by atomic mass is 9.88. The van der Waals surface area contributed by atoms with Crippen LogP contribution in [0.3, 0.4) is 0 Å². The number of nitrogens with zero attached hydrogens (tertiary/aromatic N) is 1. The van der Waals surface area contributed by atoms with Crippen LogP contribution in [0.1, 0.15) is 38.8 Å². The molecule has 98 valence electrons. The largest absolute Gasteiger partial charge is 0.495 e. The standard InChI is InChI=1S/C15H22N2O/c1-11(15(2,3)4)17-10-12-6-7-14(18-5)13(8-12)9-16/h6-8,11,17H,10H2,1-5H3.